The highest BCUT2D eigenvalue weighted by Gasteiger charge is 2.30. The Hall–Kier alpha value is -1.38. The first-order chi connectivity index (χ1) is 9.95. The van der Waals surface area contributed by atoms with E-state index < -0.39 is 16.1 Å². The number of aromatic nitrogens is 1. The lowest BCUT2D eigenvalue weighted by atomic mass is 10.4. The zero-order chi connectivity index (χ0) is 15.5. The average molecular weight is 334 g/mol. The maximum Gasteiger partial charge on any atom is 0.409 e. The van der Waals surface area contributed by atoms with E-state index in [0.29, 0.717) is 19.7 Å². The number of carbonyl (C=O) groups excluding carboxylic acids is 1. The molecule has 1 aromatic heterocycles. The molecule has 7 nitrogen and oxygen atoms in total. The molecular formula is C12H16ClN3O4S. The highest BCUT2D eigenvalue weighted by atomic mass is 35.5. The molecule has 2 rings (SSSR count). The first kappa shape index (κ1) is 16.0. The van der Waals surface area contributed by atoms with Crippen LogP contribution in [0.5, 0.6) is 0 Å². The Morgan fingerprint density at radius 1 is 1.33 bits per heavy atom. The van der Waals surface area contributed by atoms with Gasteiger partial charge in [-0.15, -0.1) is 0 Å². The Labute approximate surface area is 128 Å². The van der Waals surface area contributed by atoms with Gasteiger partial charge in [0.15, 0.2) is 0 Å². The van der Waals surface area contributed by atoms with E-state index in [4.69, 9.17) is 16.3 Å². The van der Waals surface area contributed by atoms with Gasteiger partial charge in [-0.05, 0) is 19.1 Å². The molecule has 2 heterocycles. The Balaban J connectivity index is 2.04. The Morgan fingerprint density at radius 3 is 2.52 bits per heavy atom. The molecule has 0 bridgehead atoms. The maximum atomic E-state index is 12.4. The molecule has 1 fully saturated rings. The summed E-state index contributed by atoms with van der Waals surface area (Å²) in [6.07, 6.45) is 0.817. The zero-order valence-corrected chi connectivity index (χ0v) is 13.1. The van der Waals surface area contributed by atoms with Gasteiger partial charge in [0.1, 0.15) is 10.0 Å². The van der Waals surface area contributed by atoms with E-state index in [-0.39, 0.29) is 23.1 Å². The number of nitrogens with zero attached hydrogens (tertiary/aromatic N) is 3. The fraction of sp³-hybridized carbons (Fsp3) is 0.500. The average Bonchev–Trinajstić information content (AvgIpc) is 2.48. The van der Waals surface area contributed by atoms with Gasteiger partial charge in [0.2, 0.25) is 10.0 Å². The molecule has 0 aromatic carbocycles. The predicted octanol–water partition coefficient (Wildman–Crippen LogP) is 1.20. The molecule has 21 heavy (non-hydrogen) atoms. The van der Waals surface area contributed by atoms with Crippen LogP contribution in [-0.2, 0) is 14.8 Å². The minimum atomic E-state index is -3.61. The van der Waals surface area contributed by atoms with Gasteiger partial charge in [0, 0.05) is 32.4 Å². The van der Waals surface area contributed by atoms with Crippen molar-refractivity contribution in [1.29, 1.82) is 0 Å². The third-order valence-electron chi connectivity index (χ3n) is 3.10. The van der Waals surface area contributed by atoms with Crippen LogP contribution in [0.3, 0.4) is 0 Å². The highest BCUT2D eigenvalue weighted by Crippen LogP contribution is 2.18. The summed E-state index contributed by atoms with van der Waals surface area (Å²) in [7, 11) is -3.61. The number of rotatable bonds is 3. The largest absolute Gasteiger partial charge is 0.450 e. The molecule has 0 saturated carbocycles. The number of hydrogen-bond acceptors (Lipinski definition) is 5. The van der Waals surface area contributed by atoms with Crippen molar-refractivity contribution >= 4 is 27.7 Å². The summed E-state index contributed by atoms with van der Waals surface area (Å²) in [5.74, 6) is 0. The van der Waals surface area contributed by atoms with E-state index in [2.05, 4.69) is 4.98 Å². The van der Waals surface area contributed by atoms with Crippen molar-refractivity contribution in [1.82, 2.24) is 14.2 Å². The van der Waals surface area contributed by atoms with Crippen LogP contribution in [-0.4, -0.2) is 61.5 Å². The first-order valence-corrected chi connectivity index (χ1v) is 8.30. The third kappa shape index (κ3) is 3.63. The van der Waals surface area contributed by atoms with Crippen LogP contribution >= 0.6 is 11.6 Å². The van der Waals surface area contributed by atoms with Gasteiger partial charge >= 0.3 is 6.09 Å². The second-order valence-corrected chi connectivity index (χ2v) is 6.73. The lowest BCUT2D eigenvalue weighted by molar-refractivity contribution is 0.0934. The summed E-state index contributed by atoms with van der Waals surface area (Å²) in [5.41, 5.74) is 0. The second kappa shape index (κ2) is 6.59. The molecular weight excluding hydrogens is 318 g/mol. The van der Waals surface area contributed by atoms with Crippen molar-refractivity contribution in [3.63, 3.8) is 0 Å². The highest BCUT2D eigenvalue weighted by molar-refractivity contribution is 7.89. The molecule has 1 amide bonds. The van der Waals surface area contributed by atoms with E-state index in [1.807, 2.05) is 0 Å². The topological polar surface area (TPSA) is 79.8 Å². The number of carbonyl (C=O) groups is 1. The minimum Gasteiger partial charge on any atom is -0.450 e. The van der Waals surface area contributed by atoms with E-state index in [1.165, 1.54) is 27.5 Å². The fourth-order valence-electron chi connectivity index (χ4n) is 1.99. The predicted molar refractivity (Wildman–Crippen MR) is 76.6 cm³/mol. The summed E-state index contributed by atoms with van der Waals surface area (Å²) < 4.78 is 31.0. The van der Waals surface area contributed by atoms with Crippen LogP contribution in [0.1, 0.15) is 6.92 Å². The molecule has 116 valence electrons. The molecule has 9 heteroatoms. The van der Waals surface area contributed by atoms with Gasteiger partial charge < -0.3 is 9.64 Å². The number of piperazine rings is 1. The second-order valence-electron chi connectivity index (χ2n) is 4.41. The van der Waals surface area contributed by atoms with Crippen LogP contribution < -0.4 is 0 Å². The Morgan fingerprint density at radius 2 is 2.00 bits per heavy atom. The summed E-state index contributed by atoms with van der Waals surface area (Å²) in [4.78, 5) is 16.9. The SMILES string of the molecule is CCOC(=O)N1CCN(S(=O)(=O)c2ccc(Cl)nc2)CC1. The lowest BCUT2D eigenvalue weighted by Gasteiger charge is -2.33. The smallest absolute Gasteiger partial charge is 0.409 e. The fourth-order valence-corrected chi connectivity index (χ4v) is 3.47. The van der Waals surface area contributed by atoms with Crippen LogP contribution in [0.15, 0.2) is 23.2 Å². The molecule has 0 radical (unpaired) electrons. The molecule has 0 aliphatic carbocycles. The number of ether oxygens (including phenoxy) is 1. The summed E-state index contributed by atoms with van der Waals surface area (Å²) in [5, 5.41) is 0.237. The molecule has 0 unspecified atom stereocenters. The van der Waals surface area contributed by atoms with Crippen molar-refractivity contribution in [3.05, 3.63) is 23.5 Å². The van der Waals surface area contributed by atoms with Crippen molar-refractivity contribution in [3.8, 4) is 0 Å². The van der Waals surface area contributed by atoms with E-state index in [1.54, 1.807) is 6.92 Å². The lowest BCUT2D eigenvalue weighted by Crippen LogP contribution is -2.50. The third-order valence-corrected chi connectivity index (χ3v) is 5.21. The van der Waals surface area contributed by atoms with Crippen molar-refractivity contribution in [2.45, 2.75) is 11.8 Å². The van der Waals surface area contributed by atoms with E-state index in [0.717, 1.165) is 0 Å². The van der Waals surface area contributed by atoms with Gasteiger partial charge in [0.25, 0.3) is 0 Å². The number of halogens is 1. The van der Waals surface area contributed by atoms with Crippen LogP contribution in [0.2, 0.25) is 5.15 Å². The van der Waals surface area contributed by atoms with Crippen molar-refractivity contribution in [2.75, 3.05) is 32.8 Å². The quantitative estimate of drug-likeness (QED) is 0.776. The first-order valence-electron chi connectivity index (χ1n) is 6.48. The summed E-state index contributed by atoms with van der Waals surface area (Å²) >= 11 is 5.65. The monoisotopic (exact) mass is 333 g/mol. The summed E-state index contributed by atoms with van der Waals surface area (Å²) in [6.45, 7) is 3.09. The van der Waals surface area contributed by atoms with Gasteiger partial charge in [-0.2, -0.15) is 4.31 Å². The minimum absolute atomic E-state index is 0.0940. The molecule has 1 aliphatic heterocycles. The van der Waals surface area contributed by atoms with Crippen molar-refractivity contribution in [2.24, 2.45) is 0 Å². The maximum absolute atomic E-state index is 12.4. The molecule has 1 saturated heterocycles. The van der Waals surface area contributed by atoms with Gasteiger partial charge in [-0.25, -0.2) is 18.2 Å². The van der Waals surface area contributed by atoms with Crippen LogP contribution in [0.25, 0.3) is 0 Å². The molecule has 0 N–H and O–H groups in total. The van der Waals surface area contributed by atoms with Crippen LogP contribution in [0.4, 0.5) is 4.79 Å². The molecule has 1 aromatic rings. The number of amides is 1. The Kier molecular flexibility index (Phi) is 5.02. The number of sulfonamides is 1. The zero-order valence-electron chi connectivity index (χ0n) is 11.5. The molecule has 1 aliphatic rings. The van der Waals surface area contributed by atoms with Gasteiger partial charge in [-0.3, -0.25) is 0 Å². The standard InChI is InChI=1S/C12H16ClN3O4S/c1-2-20-12(17)15-5-7-16(8-6-15)21(18,19)10-3-4-11(13)14-9-10/h3-4,9H,2,5-8H2,1H3. The van der Waals surface area contributed by atoms with E-state index in [9.17, 15) is 13.2 Å². The number of pyridine rings is 1. The summed E-state index contributed by atoms with van der Waals surface area (Å²) in [6, 6.07) is 2.85. The van der Waals surface area contributed by atoms with Gasteiger partial charge in [0.05, 0.1) is 6.61 Å². The van der Waals surface area contributed by atoms with Crippen molar-refractivity contribution < 1.29 is 17.9 Å². The number of hydrogen-bond donors (Lipinski definition) is 0. The van der Waals surface area contributed by atoms with Gasteiger partial charge in [-0.1, -0.05) is 11.6 Å². The van der Waals surface area contributed by atoms with E-state index >= 15 is 0 Å². The Bertz CT molecular complexity index is 597. The molecule has 0 spiro atoms. The molecule has 0 atom stereocenters. The van der Waals surface area contributed by atoms with Crippen LogP contribution in [0, 0.1) is 0 Å². The normalized spacial score (nSPS) is 16.8.